The average molecular weight is 215 g/mol. The molecular weight excluding hydrogens is 186 g/mol. The maximum atomic E-state index is 5.48. The number of hydrogen-bond donors (Lipinski definition) is 1. The number of nitrogens with one attached hydrogen (secondary N) is 1. The van der Waals surface area contributed by atoms with E-state index in [1.807, 2.05) is 0 Å². The molecule has 1 N–H and O–H groups in total. The van der Waals surface area contributed by atoms with E-state index < -0.39 is 0 Å². The summed E-state index contributed by atoms with van der Waals surface area (Å²) in [5.41, 5.74) is 0. The van der Waals surface area contributed by atoms with E-state index in [1.54, 1.807) is 0 Å². The smallest absolute Gasteiger partial charge is 0.0478 e. The van der Waals surface area contributed by atoms with Crippen LogP contribution in [0.15, 0.2) is 0 Å². The fraction of sp³-hybridized carbons (Fsp3) is 1.00. The highest BCUT2D eigenvalue weighted by molar-refractivity contribution is 4.48. The van der Waals surface area contributed by atoms with Crippen molar-refractivity contribution in [2.75, 3.05) is 26.3 Å². The highest BCUT2D eigenvalue weighted by atomic mass is 16.5. The van der Waals surface area contributed by atoms with E-state index in [4.69, 9.17) is 4.74 Å². The van der Waals surface area contributed by atoms with Crippen LogP contribution in [0.3, 0.4) is 0 Å². The van der Waals surface area contributed by atoms with Gasteiger partial charge in [0.15, 0.2) is 0 Å². The van der Waals surface area contributed by atoms with Gasteiger partial charge in [-0.25, -0.2) is 0 Å². The van der Waals surface area contributed by atoms with Crippen molar-refractivity contribution in [3.63, 3.8) is 0 Å². The quantitative estimate of drug-likeness (QED) is 0.504. The van der Waals surface area contributed by atoms with Crippen molar-refractivity contribution in [1.29, 1.82) is 0 Å². The summed E-state index contributed by atoms with van der Waals surface area (Å²) in [5.74, 6) is 0. The Balaban J connectivity index is 2.81. The standard InChI is InChI=1S/C13H29NO/c1-3-5-7-8-10-14-11-9-13-15-12-6-4-2/h14H,3-13H2,1-2H3. The number of ether oxygens (including phenoxy) is 1. The van der Waals surface area contributed by atoms with Gasteiger partial charge in [-0.2, -0.15) is 0 Å². The summed E-state index contributed by atoms with van der Waals surface area (Å²) in [4.78, 5) is 0. The van der Waals surface area contributed by atoms with Crippen molar-refractivity contribution in [2.24, 2.45) is 0 Å². The zero-order valence-electron chi connectivity index (χ0n) is 10.7. The Kier molecular flexibility index (Phi) is 13.8. The number of unbranched alkanes of at least 4 members (excludes halogenated alkanes) is 4. The molecule has 0 unspecified atom stereocenters. The topological polar surface area (TPSA) is 21.3 Å². The molecule has 2 nitrogen and oxygen atoms in total. The van der Waals surface area contributed by atoms with Crippen molar-refractivity contribution >= 4 is 0 Å². The molecule has 0 atom stereocenters. The first-order valence-electron chi connectivity index (χ1n) is 6.70. The molecule has 0 aromatic rings. The van der Waals surface area contributed by atoms with Crippen molar-refractivity contribution in [2.45, 2.75) is 58.8 Å². The molecule has 0 aliphatic rings. The van der Waals surface area contributed by atoms with Gasteiger partial charge in [0, 0.05) is 13.2 Å². The van der Waals surface area contributed by atoms with Gasteiger partial charge in [0.2, 0.25) is 0 Å². The highest BCUT2D eigenvalue weighted by Gasteiger charge is 1.90. The van der Waals surface area contributed by atoms with E-state index in [9.17, 15) is 0 Å². The Morgan fingerprint density at radius 2 is 1.40 bits per heavy atom. The first-order chi connectivity index (χ1) is 7.41. The molecule has 0 aliphatic carbocycles. The van der Waals surface area contributed by atoms with Crippen LogP contribution < -0.4 is 5.32 Å². The number of hydrogen-bond acceptors (Lipinski definition) is 2. The lowest BCUT2D eigenvalue weighted by Gasteiger charge is -2.05. The van der Waals surface area contributed by atoms with Gasteiger partial charge >= 0.3 is 0 Å². The Morgan fingerprint density at radius 1 is 0.733 bits per heavy atom. The second-order valence-corrected chi connectivity index (χ2v) is 4.13. The molecule has 0 fully saturated rings. The molecule has 0 aromatic heterocycles. The first-order valence-corrected chi connectivity index (χ1v) is 6.70. The van der Waals surface area contributed by atoms with Crippen LogP contribution in [-0.4, -0.2) is 26.3 Å². The minimum absolute atomic E-state index is 0.919. The minimum atomic E-state index is 0.919. The van der Waals surface area contributed by atoms with E-state index in [2.05, 4.69) is 19.2 Å². The monoisotopic (exact) mass is 215 g/mol. The number of rotatable bonds is 12. The summed E-state index contributed by atoms with van der Waals surface area (Å²) >= 11 is 0. The van der Waals surface area contributed by atoms with Crippen molar-refractivity contribution < 1.29 is 4.74 Å². The molecule has 0 radical (unpaired) electrons. The Morgan fingerprint density at radius 3 is 2.13 bits per heavy atom. The lowest BCUT2D eigenvalue weighted by molar-refractivity contribution is 0.129. The average Bonchev–Trinajstić information content (AvgIpc) is 2.26. The molecule has 92 valence electrons. The summed E-state index contributed by atoms with van der Waals surface area (Å²) in [7, 11) is 0. The Hall–Kier alpha value is -0.0800. The molecule has 0 saturated heterocycles. The van der Waals surface area contributed by atoms with Crippen LogP contribution in [0.4, 0.5) is 0 Å². The van der Waals surface area contributed by atoms with E-state index >= 15 is 0 Å². The molecule has 0 aliphatic heterocycles. The molecule has 0 amide bonds. The third kappa shape index (κ3) is 13.9. The van der Waals surface area contributed by atoms with Gasteiger partial charge in [-0.05, 0) is 32.4 Å². The molecule has 0 bridgehead atoms. The SMILES string of the molecule is CCCCCCNCCCOCCCC. The molecule has 0 heterocycles. The third-order valence-electron chi connectivity index (χ3n) is 2.49. The molecule has 0 rings (SSSR count). The van der Waals surface area contributed by atoms with Gasteiger partial charge in [0.25, 0.3) is 0 Å². The Labute approximate surface area is 95.8 Å². The van der Waals surface area contributed by atoms with E-state index in [0.29, 0.717) is 0 Å². The third-order valence-corrected chi connectivity index (χ3v) is 2.49. The first kappa shape index (κ1) is 14.9. The summed E-state index contributed by atoms with van der Waals surface area (Å²) in [5, 5.41) is 3.46. The zero-order chi connectivity index (χ0) is 11.2. The molecule has 0 saturated carbocycles. The van der Waals surface area contributed by atoms with Crippen LogP contribution in [0.25, 0.3) is 0 Å². The zero-order valence-corrected chi connectivity index (χ0v) is 10.7. The highest BCUT2D eigenvalue weighted by Crippen LogP contribution is 1.96. The second-order valence-electron chi connectivity index (χ2n) is 4.13. The van der Waals surface area contributed by atoms with Gasteiger partial charge in [-0.1, -0.05) is 39.5 Å². The lowest BCUT2D eigenvalue weighted by atomic mass is 10.2. The normalized spacial score (nSPS) is 10.8. The maximum Gasteiger partial charge on any atom is 0.0478 e. The fourth-order valence-electron chi connectivity index (χ4n) is 1.45. The van der Waals surface area contributed by atoms with Gasteiger partial charge in [0.05, 0.1) is 0 Å². The van der Waals surface area contributed by atoms with E-state index in [0.717, 1.165) is 26.2 Å². The maximum absolute atomic E-state index is 5.48. The summed E-state index contributed by atoms with van der Waals surface area (Å²) in [6, 6.07) is 0. The van der Waals surface area contributed by atoms with Gasteiger partial charge in [-0.15, -0.1) is 0 Å². The molecular formula is C13H29NO. The molecule has 0 spiro atoms. The van der Waals surface area contributed by atoms with Crippen molar-refractivity contribution in [3.05, 3.63) is 0 Å². The summed E-state index contributed by atoms with van der Waals surface area (Å²) in [6.45, 7) is 8.59. The minimum Gasteiger partial charge on any atom is -0.381 e. The summed E-state index contributed by atoms with van der Waals surface area (Å²) in [6.07, 6.45) is 8.98. The van der Waals surface area contributed by atoms with E-state index in [-0.39, 0.29) is 0 Å². The second kappa shape index (κ2) is 13.9. The Bertz CT molecular complexity index is 94.7. The fourth-order valence-corrected chi connectivity index (χ4v) is 1.45. The van der Waals surface area contributed by atoms with Crippen molar-refractivity contribution in [1.82, 2.24) is 5.32 Å². The van der Waals surface area contributed by atoms with Crippen molar-refractivity contribution in [3.8, 4) is 0 Å². The van der Waals surface area contributed by atoms with E-state index in [1.165, 1.54) is 45.1 Å². The van der Waals surface area contributed by atoms with Crippen LogP contribution in [-0.2, 0) is 4.74 Å². The van der Waals surface area contributed by atoms with Crippen LogP contribution in [0.1, 0.15) is 58.8 Å². The van der Waals surface area contributed by atoms with Gasteiger partial charge < -0.3 is 10.1 Å². The van der Waals surface area contributed by atoms with Crippen LogP contribution in [0.5, 0.6) is 0 Å². The van der Waals surface area contributed by atoms with Gasteiger partial charge in [-0.3, -0.25) is 0 Å². The predicted octanol–water partition coefficient (Wildman–Crippen LogP) is 3.36. The van der Waals surface area contributed by atoms with Gasteiger partial charge in [0.1, 0.15) is 0 Å². The van der Waals surface area contributed by atoms with Crippen LogP contribution >= 0.6 is 0 Å². The molecule has 2 heteroatoms. The van der Waals surface area contributed by atoms with Crippen LogP contribution in [0.2, 0.25) is 0 Å². The predicted molar refractivity (Wildman–Crippen MR) is 67.4 cm³/mol. The largest absolute Gasteiger partial charge is 0.381 e. The molecule has 15 heavy (non-hydrogen) atoms. The molecule has 0 aromatic carbocycles. The van der Waals surface area contributed by atoms with Crippen LogP contribution in [0, 0.1) is 0 Å². The lowest BCUT2D eigenvalue weighted by Crippen LogP contribution is -2.18. The summed E-state index contributed by atoms with van der Waals surface area (Å²) < 4.78 is 5.48.